The number of rotatable bonds is 1. The molecule has 1 saturated heterocycles. The first kappa shape index (κ1) is 9.21. The number of amides is 1. The van der Waals surface area contributed by atoms with E-state index in [9.17, 15) is 4.79 Å². The van der Waals surface area contributed by atoms with Gasteiger partial charge >= 0.3 is 0 Å². The fourth-order valence-corrected chi connectivity index (χ4v) is 1.74. The maximum atomic E-state index is 11.8. The normalized spacial score (nSPS) is 22.4. The zero-order valence-corrected chi connectivity index (χ0v) is 7.94. The minimum atomic E-state index is 0.0221. The Morgan fingerprint density at radius 1 is 1.71 bits per heavy atom. The monoisotopic (exact) mass is 194 g/mol. The van der Waals surface area contributed by atoms with Gasteiger partial charge in [0.15, 0.2) is 0 Å². The molecular weight excluding hydrogens is 180 g/mol. The number of likely N-dealkylation sites (tertiary alicyclic amines) is 1. The lowest BCUT2D eigenvalue weighted by molar-refractivity contribution is 0.0709. The smallest absolute Gasteiger partial charge is 0.257 e. The van der Waals surface area contributed by atoms with E-state index in [-0.39, 0.29) is 11.9 Å². The van der Waals surface area contributed by atoms with E-state index in [4.69, 9.17) is 5.73 Å². The van der Waals surface area contributed by atoms with Gasteiger partial charge in [-0.05, 0) is 12.8 Å². The van der Waals surface area contributed by atoms with Gasteiger partial charge in [-0.1, -0.05) is 0 Å². The Kier molecular flexibility index (Phi) is 2.49. The standard InChI is InChI=1S/C9H14N4O/c10-8-2-1-3-13(6-8)9(14)7-4-11-12-5-7/h4-5,8H,1-3,6,10H2,(H,11,12). The van der Waals surface area contributed by atoms with E-state index < -0.39 is 0 Å². The van der Waals surface area contributed by atoms with Gasteiger partial charge in [0.1, 0.15) is 0 Å². The number of carbonyl (C=O) groups is 1. The molecule has 3 N–H and O–H groups in total. The average Bonchev–Trinajstić information content (AvgIpc) is 2.69. The van der Waals surface area contributed by atoms with Crippen LogP contribution in [0.2, 0.25) is 0 Å². The van der Waals surface area contributed by atoms with Crippen molar-refractivity contribution in [3.8, 4) is 0 Å². The van der Waals surface area contributed by atoms with Gasteiger partial charge in [0.2, 0.25) is 0 Å². The number of H-pyrrole nitrogens is 1. The number of nitrogens with one attached hydrogen (secondary N) is 1. The van der Waals surface area contributed by atoms with Crippen molar-refractivity contribution in [1.29, 1.82) is 0 Å². The molecule has 5 nitrogen and oxygen atoms in total. The summed E-state index contributed by atoms with van der Waals surface area (Å²) in [4.78, 5) is 13.6. The minimum absolute atomic E-state index is 0.0221. The van der Waals surface area contributed by atoms with Gasteiger partial charge in [-0.2, -0.15) is 5.10 Å². The van der Waals surface area contributed by atoms with Crippen molar-refractivity contribution < 1.29 is 4.79 Å². The van der Waals surface area contributed by atoms with Crippen LogP contribution in [0.5, 0.6) is 0 Å². The van der Waals surface area contributed by atoms with Crippen molar-refractivity contribution in [2.45, 2.75) is 18.9 Å². The number of carbonyl (C=O) groups excluding carboxylic acids is 1. The summed E-state index contributed by atoms with van der Waals surface area (Å²) in [5.41, 5.74) is 6.41. The molecule has 1 amide bonds. The van der Waals surface area contributed by atoms with E-state index in [1.54, 1.807) is 17.3 Å². The Hall–Kier alpha value is -1.36. The first-order valence-electron chi connectivity index (χ1n) is 4.81. The molecule has 1 fully saturated rings. The highest BCUT2D eigenvalue weighted by Crippen LogP contribution is 2.11. The zero-order chi connectivity index (χ0) is 9.97. The largest absolute Gasteiger partial charge is 0.337 e. The molecule has 0 aromatic carbocycles. The SMILES string of the molecule is NC1CCCN(C(=O)c2cn[nH]c2)C1. The van der Waals surface area contributed by atoms with Crippen LogP contribution in [-0.4, -0.2) is 40.1 Å². The molecular formula is C9H14N4O. The summed E-state index contributed by atoms with van der Waals surface area (Å²) >= 11 is 0. The predicted molar refractivity (Wildman–Crippen MR) is 51.7 cm³/mol. The molecule has 1 atom stereocenters. The van der Waals surface area contributed by atoms with Crippen molar-refractivity contribution in [2.75, 3.05) is 13.1 Å². The van der Waals surface area contributed by atoms with Crippen molar-refractivity contribution >= 4 is 5.91 Å². The maximum absolute atomic E-state index is 11.8. The van der Waals surface area contributed by atoms with E-state index in [1.807, 2.05) is 0 Å². The van der Waals surface area contributed by atoms with Crippen LogP contribution in [0.1, 0.15) is 23.2 Å². The lowest BCUT2D eigenvalue weighted by atomic mass is 10.1. The summed E-state index contributed by atoms with van der Waals surface area (Å²) in [6.45, 7) is 1.46. The fourth-order valence-electron chi connectivity index (χ4n) is 1.74. The third kappa shape index (κ3) is 1.77. The van der Waals surface area contributed by atoms with Crippen LogP contribution in [0.3, 0.4) is 0 Å². The first-order valence-corrected chi connectivity index (χ1v) is 4.81. The molecule has 1 aliphatic rings. The summed E-state index contributed by atoms with van der Waals surface area (Å²) < 4.78 is 0. The quantitative estimate of drug-likeness (QED) is 0.659. The van der Waals surface area contributed by atoms with Crippen molar-refractivity contribution in [3.63, 3.8) is 0 Å². The Bertz CT molecular complexity index is 309. The number of piperidine rings is 1. The average molecular weight is 194 g/mol. The Morgan fingerprint density at radius 3 is 3.21 bits per heavy atom. The molecule has 1 aromatic rings. The van der Waals surface area contributed by atoms with Gasteiger partial charge in [0, 0.05) is 25.3 Å². The molecule has 14 heavy (non-hydrogen) atoms. The molecule has 1 unspecified atom stereocenters. The van der Waals surface area contributed by atoms with E-state index >= 15 is 0 Å². The van der Waals surface area contributed by atoms with E-state index in [0.29, 0.717) is 12.1 Å². The lowest BCUT2D eigenvalue weighted by Gasteiger charge is -2.30. The summed E-state index contributed by atoms with van der Waals surface area (Å²) in [5.74, 6) is 0.0221. The number of hydrogen-bond donors (Lipinski definition) is 2. The molecule has 0 bridgehead atoms. The number of aromatic nitrogens is 2. The topological polar surface area (TPSA) is 75.0 Å². The summed E-state index contributed by atoms with van der Waals surface area (Å²) in [6, 6.07) is 0.125. The van der Waals surface area contributed by atoms with Gasteiger partial charge in [0.25, 0.3) is 5.91 Å². The number of nitrogens with two attached hydrogens (primary N) is 1. The highest BCUT2D eigenvalue weighted by molar-refractivity contribution is 5.93. The molecule has 1 aliphatic heterocycles. The second kappa shape index (κ2) is 3.79. The van der Waals surface area contributed by atoms with Gasteiger partial charge in [-0.3, -0.25) is 9.89 Å². The number of hydrogen-bond acceptors (Lipinski definition) is 3. The molecule has 0 radical (unpaired) electrons. The molecule has 5 heteroatoms. The van der Waals surface area contributed by atoms with Gasteiger partial charge in [-0.25, -0.2) is 0 Å². The van der Waals surface area contributed by atoms with Gasteiger partial charge < -0.3 is 10.6 Å². The minimum Gasteiger partial charge on any atom is -0.337 e. The van der Waals surface area contributed by atoms with Crippen LogP contribution in [-0.2, 0) is 0 Å². The van der Waals surface area contributed by atoms with Crippen LogP contribution < -0.4 is 5.73 Å². The predicted octanol–water partition coefficient (Wildman–Crippen LogP) is -0.0270. The van der Waals surface area contributed by atoms with E-state index in [1.165, 1.54) is 0 Å². The third-order valence-corrected chi connectivity index (χ3v) is 2.49. The Balaban J connectivity index is 2.04. The highest BCUT2D eigenvalue weighted by atomic mass is 16.2. The summed E-state index contributed by atoms with van der Waals surface area (Å²) in [5, 5.41) is 6.39. The van der Waals surface area contributed by atoms with Gasteiger partial charge in [0.05, 0.1) is 11.8 Å². The zero-order valence-electron chi connectivity index (χ0n) is 7.94. The van der Waals surface area contributed by atoms with Crippen molar-refractivity contribution in [3.05, 3.63) is 18.0 Å². The van der Waals surface area contributed by atoms with E-state index in [2.05, 4.69) is 10.2 Å². The van der Waals surface area contributed by atoms with Crippen LogP contribution in [0, 0.1) is 0 Å². The maximum Gasteiger partial charge on any atom is 0.257 e. The van der Waals surface area contributed by atoms with E-state index in [0.717, 1.165) is 19.4 Å². The van der Waals surface area contributed by atoms with Crippen LogP contribution in [0.4, 0.5) is 0 Å². The third-order valence-electron chi connectivity index (χ3n) is 2.49. The summed E-state index contributed by atoms with van der Waals surface area (Å²) in [7, 11) is 0. The first-order chi connectivity index (χ1) is 6.77. The number of nitrogens with zero attached hydrogens (tertiary/aromatic N) is 2. The molecule has 2 heterocycles. The summed E-state index contributed by atoms with van der Waals surface area (Å²) in [6.07, 6.45) is 5.16. The second-order valence-electron chi connectivity index (χ2n) is 3.64. The Labute approximate surface area is 82.3 Å². The number of aromatic amines is 1. The molecule has 0 saturated carbocycles. The Morgan fingerprint density at radius 2 is 2.57 bits per heavy atom. The molecule has 1 aromatic heterocycles. The van der Waals surface area contributed by atoms with Crippen LogP contribution in [0.25, 0.3) is 0 Å². The lowest BCUT2D eigenvalue weighted by Crippen LogP contribution is -2.45. The van der Waals surface area contributed by atoms with Crippen molar-refractivity contribution in [1.82, 2.24) is 15.1 Å². The molecule has 0 aliphatic carbocycles. The van der Waals surface area contributed by atoms with Crippen molar-refractivity contribution in [2.24, 2.45) is 5.73 Å². The fraction of sp³-hybridized carbons (Fsp3) is 0.556. The second-order valence-corrected chi connectivity index (χ2v) is 3.64. The van der Waals surface area contributed by atoms with Gasteiger partial charge in [-0.15, -0.1) is 0 Å². The molecule has 76 valence electrons. The molecule has 2 rings (SSSR count). The van der Waals surface area contributed by atoms with Crippen LogP contribution >= 0.6 is 0 Å². The van der Waals surface area contributed by atoms with Crippen LogP contribution in [0.15, 0.2) is 12.4 Å². The highest BCUT2D eigenvalue weighted by Gasteiger charge is 2.22. The molecule has 0 spiro atoms.